The van der Waals surface area contributed by atoms with E-state index >= 15 is 0 Å². The molecule has 3 nitrogen and oxygen atoms in total. The van der Waals surface area contributed by atoms with Crippen LogP contribution in [0.2, 0.25) is 0 Å². The molecule has 0 N–H and O–H groups in total. The van der Waals surface area contributed by atoms with Gasteiger partial charge in [-0.05, 0) is 51.0 Å². The predicted octanol–water partition coefficient (Wildman–Crippen LogP) is 9.06. The van der Waals surface area contributed by atoms with Crippen molar-refractivity contribution < 1.29 is 0 Å². The summed E-state index contributed by atoms with van der Waals surface area (Å²) in [7, 11) is 1.81. The van der Waals surface area contributed by atoms with Crippen LogP contribution in [0.3, 0.4) is 0 Å². The highest BCUT2D eigenvalue weighted by atomic mass is 32.2. The number of allylic oxidation sites excluding steroid dienone is 9. The zero-order valence-electron chi connectivity index (χ0n) is 22.2. The molecule has 0 saturated heterocycles. The quantitative estimate of drug-likeness (QED) is 0.253. The molecule has 1 aromatic carbocycles. The van der Waals surface area contributed by atoms with E-state index in [1.165, 1.54) is 10.5 Å². The molecular weight excluding hydrogens is 434 g/mol. The maximum atomic E-state index is 4.96. The molecule has 0 saturated carbocycles. The third kappa shape index (κ3) is 9.18. The second kappa shape index (κ2) is 15.9. The summed E-state index contributed by atoms with van der Waals surface area (Å²) in [4.78, 5) is 6.68. The molecule has 1 unspecified atom stereocenters. The lowest BCUT2D eigenvalue weighted by molar-refractivity contribution is 0.811. The SMILES string of the molecule is C=C/C=C(\C=C/C(C)c1nn(/C(C)=C/C=C\CC)cc1Sc1ccc(C)cc1)C(C)=NC.CC. The molecule has 1 atom stereocenters. The van der Waals surface area contributed by atoms with Crippen molar-refractivity contribution >= 4 is 23.2 Å². The Morgan fingerprint density at radius 3 is 2.44 bits per heavy atom. The van der Waals surface area contributed by atoms with E-state index in [-0.39, 0.29) is 5.92 Å². The molecule has 0 bridgehead atoms. The van der Waals surface area contributed by atoms with Crippen LogP contribution < -0.4 is 0 Å². The number of aryl methyl sites for hydroxylation is 1. The molecular formula is C30H41N3S. The van der Waals surface area contributed by atoms with Gasteiger partial charge in [-0.1, -0.05) is 100 Å². The molecule has 0 fully saturated rings. The Kier molecular flexibility index (Phi) is 13.6. The summed E-state index contributed by atoms with van der Waals surface area (Å²) < 4.78 is 1.98. The van der Waals surface area contributed by atoms with Crippen molar-refractivity contribution in [3.05, 3.63) is 96.4 Å². The van der Waals surface area contributed by atoms with Crippen molar-refractivity contribution in [1.29, 1.82) is 0 Å². The molecule has 0 aliphatic rings. The van der Waals surface area contributed by atoms with E-state index in [4.69, 9.17) is 5.10 Å². The maximum absolute atomic E-state index is 4.96. The summed E-state index contributed by atoms with van der Waals surface area (Å²) in [6.07, 6.45) is 17.6. The highest BCUT2D eigenvalue weighted by Crippen LogP contribution is 2.35. The Morgan fingerprint density at radius 1 is 1.18 bits per heavy atom. The Balaban J connectivity index is 0.00000281. The van der Waals surface area contributed by atoms with Gasteiger partial charge in [0.1, 0.15) is 0 Å². The number of hydrogen-bond acceptors (Lipinski definition) is 3. The van der Waals surface area contributed by atoms with E-state index in [0.29, 0.717) is 0 Å². The number of hydrogen-bond donors (Lipinski definition) is 0. The lowest BCUT2D eigenvalue weighted by atomic mass is 10.0. The van der Waals surface area contributed by atoms with E-state index in [1.54, 1.807) is 17.8 Å². The van der Waals surface area contributed by atoms with E-state index in [0.717, 1.165) is 34.0 Å². The summed E-state index contributed by atoms with van der Waals surface area (Å²) in [6.45, 7) is 18.4. The van der Waals surface area contributed by atoms with E-state index in [1.807, 2.05) is 38.6 Å². The van der Waals surface area contributed by atoms with E-state index in [2.05, 4.69) is 100 Å². The fraction of sp³-hybridized carbons (Fsp3) is 0.333. The first-order valence-corrected chi connectivity index (χ1v) is 12.8. The van der Waals surface area contributed by atoms with Crippen molar-refractivity contribution in [1.82, 2.24) is 9.78 Å². The topological polar surface area (TPSA) is 30.2 Å². The molecule has 4 heteroatoms. The minimum atomic E-state index is 0.140. The molecule has 1 aromatic heterocycles. The van der Waals surface area contributed by atoms with Gasteiger partial charge in [0, 0.05) is 35.5 Å². The molecule has 0 aliphatic heterocycles. The van der Waals surface area contributed by atoms with Gasteiger partial charge in [0.25, 0.3) is 0 Å². The predicted molar refractivity (Wildman–Crippen MR) is 153 cm³/mol. The van der Waals surface area contributed by atoms with E-state index < -0.39 is 0 Å². The monoisotopic (exact) mass is 475 g/mol. The van der Waals surface area contributed by atoms with Gasteiger partial charge in [0.2, 0.25) is 0 Å². The smallest absolute Gasteiger partial charge is 0.0834 e. The van der Waals surface area contributed by atoms with Gasteiger partial charge in [-0.25, -0.2) is 4.68 Å². The van der Waals surface area contributed by atoms with Gasteiger partial charge in [-0.3, -0.25) is 4.99 Å². The third-order valence-electron chi connectivity index (χ3n) is 5.07. The van der Waals surface area contributed by atoms with Crippen LogP contribution in [0.5, 0.6) is 0 Å². The minimum absolute atomic E-state index is 0.140. The van der Waals surface area contributed by atoms with Crippen molar-refractivity contribution in [2.45, 2.75) is 70.6 Å². The first kappa shape index (κ1) is 29.2. The molecule has 0 amide bonds. The van der Waals surface area contributed by atoms with Crippen LogP contribution in [0, 0.1) is 6.92 Å². The first-order chi connectivity index (χ1) is 16.4. The molecule has 0 spiro atoms. The standard InChI is InChI=1S/C28H35N3S.C2H6/c1-8-10-11-13-23(5)31-20-27(32-26-18-14-21(3)15-19-26)28(30-31)22(4)16-17-25(12-9-2)24(6)29-7;1-2/h9-20,22H,2,8H2,1,3-7H3;1-2H3/b11-10-,17-16-,23-13+,25-12+,29-24?;. The summed E-state index contributed by atoms with van der Waals surface area (Å²) in [6, 6.07) is 8.63. The van der Waals surface area contributed by atoms with Gasteiger partial charge in [0.15, 0.2) is 0 Å². The molecule has 0 aliphatic carbocycles. The van der Waals surface area contributed by atoms with Gasteiger partial charge < -0.3 is 0 Å². The zero-order chi connectivity index (χ0) is 25.5. The molecule has 1 heterocycles. The first-order valence-electron chi connectivity index (χ1n) is 12.0. The van der Waals surface area contributed by atoms with Crippen molar-refractivity contribution in [2.24, 2.45) is 4.99 Å². The normalized spacial score (nSPS) is 13.8. The number of rotatable bonds is 10. The fourth-order valence-corrected chi connectivity index (χ4v) is 4.00. The number of benzene rings is 1. The van der Waals surface area contributed by atoms with Crippen LogP contribution >= 0.6 is 11.8 Å². The lowest BCUT2D eigenvalue weighted by Gasteiger charge is -2.08. The number of aromatic nitrogens is 2. The molecule has 0 radical (unpaired) electrons. The Bertz CT molecular complexity index is 1050. The Morgan fingerprint density at radius 2 is 1.85 bits per heavy atom. The van der Waals surface area contributed by atoms with Crippen LogP contribution in [0.15, 0.2) is 99.9 Å². The molecule has 182 valence electrons. The molecule has 2 rings (SSSR count). The van der Waals surface area contributed by atoms with Gasteiger partial charge in [-0.15, -0.1) is 0 Å². The second-order valence-corrected chi connectivity index (χ2v) is 8.81. The molecule has 2 aromatic rings. The summed E-state index contributed by atoms with van der Waals surface area (Å²) in [5, 5.41) is 4.96. The highest BCUT2D eigenvalue weighted by molar-refractivity contribution is 7.99. The van der Waals surface area contributed by atoms with Crippen LogP contribution in [-0.2, 0) is 0 Å². The van der Waals surface area contributed by atoms with Crippen LogP contribution in [-0.4, -0.2) is 22.5 Å². The molecule has 34 heavy (non-hydrogen) atoms. The summed E-state index contributed by atoms with van der Waals surface area (Å²) in [5.41, 5.74) is 5.45. The van der Waals surface area contributed by atoms with Crippen LogP contribution in [0.1, 0.15) is 65.1 Å². The van der Waals surface area contributed by atoms with Crippen molar-refractivity contribution in [3.8, 4) is 0 Å². The van der Waals surface area contributed by atoms with Gasteiger partial charge >= 0.3 is 0 Å². The van der Waals surface area contributed by atoms with Crippen molar-refractivity contribution in [2.75, 3.05) is 7.05 Å². The van der Waals surface area contributed by atoms with Gasteiger partial charge in [0.05, 0.1) is 10.6 Å². The Labute approximate surface area is 211 Å². The summed E-state index contributed by atoms with van der Waals surface area (Å²) >= 11 is 1.76. The summed E-state index contributed by atoms with van der Waals surface area (Å²) in [5.74, 6) is 0.140. The fourth-order valence-electron chi connectivity index (χ4n) is 2.99. The number of aliphatic imine (C=N–C) groups is 1. The Hall–Kier alpha value is -2.85. The second-order valence-electron chi connectivity index (χ2n) is 7.70. The average Bonchev–Trinajstić information content (AvgIpc) is 3.27. The van der Waals surface area contributed by atoms with Crippen molar-refractivity contribution in [3.63, 3.8) is 0 Å². The van der Waals surface area contributed by atoms with Crippen LogP contribution in [0.4, 0.5) is 0 Å². The maximum Gasteiger partial charge on any atom is 0.0834 e. The zero-order valence-corrected chi connectivity index (χ0v) is 23.0. The largest absolute Gasteiger partial charge is 0.293 e. The minimum Gasteiger partial charge on any atom is -0.293 e. The average molecular weight is 476 g/mol. The lowest BCUT2D eigenvalue weighted by Crippen LogP contribution is -1.99. The van der Waals surface area contributed by atoms with Crippen LogP contribution in [0.25, 0.3) is 5.70 Å². The third-order valence-corrected chi connectivity index (χ3v) is 6.12. The number of nitrogens with zero attached hydrogens (tertiary/aromatic N) is 3. The van der Waals surface area contributed by atoms with Gasteiger partial charge in [-0.2, -0.15) is 5.10 Å². The highest BCUT2D eigenvalue weighted by Gasteiger charge is 2.16. The van der Waals surface area contributed by atoms with E-state index in [9.17, 15) is 0 Å².